The molecule has 1 aliphatic rings. The topological polar surface area (TPSA) is 73.4 Å². The largest absolute Gasteiger partial charge is 0.465 e. The number of carboxylic acid groups (broad SMARTS) is 1. The van der Waals surface area contributed by atoms with Crippen LogP contribution in [0.3, 0.4) is 0 Å². The van der Waals surface area contributed by atoms with Crippen molar-refractivity contribution in [2.45, 2.75) is 6.42 Å². The van der Waals surface area contributed by atoms with Gasteiger partial charge in [-0.3, -0.25) is 4.79 Å². The predicted octanol–water partition coefficient (Wildman–Crippen LogP) is 4.02. The van der Waals surface area contributed by atoms with E-state index in [0.717, 1.165) is 22.2 Å². The molecular formula is C20H18N2O3. The minimum Gasteiger partial charge on any atom is -0.465 e. The van der Waals surface area contributed by atoms with E-state index >= 15 is 0 Å². The third-order valence-electron chi connectivity index (χ3n) is 4.84. The zero-order valence-electron chi connectivity index (χ0n) is 13.6. The van der Waals surface area contributed by atoms with E-state index in [1.807, 2.05) is 54.6 Å². The predicted molar refractivity (Wildman–Crippen MR) is 95.8 cm³/mol. The zero-order chi connectivity index (χ0) is 17.4. The molecule has 126 valence electrons. The van der Waals surface area contributed by atoms with Crippen LogP contribution in [0.4, 0.5) is 4.79 Å². The number of aromatic amines is 1. The van der Waals surface area contributed by atoms with Gasteiger partial charge in [-0.2, -0.15) is 0 Å². The maximum Gasteiger partial charge on any atom is 0.407 e. The Labute approximate surface area is 144 Å². The Morgan fingerprint density at radius 2 is 1.76 bits per heavy atom. The Hall–Kier alpha value is -3.08. The molecule has 0 spiro atoms. The minimum absolute atomic E-state index is 0.0139. The molecule has 5 nitrogen and oxygen atoms in total. The molecule has 1 saturated heterocycles. The van der Waals surface area contributed by atoms with Gasteiger partial charge in [-0.1, -0.05) is 48.5 Å². The molecule has 1 aromatic heterocycles. The Morgan fingerprint density at radius 3 is 2.48 bits per heavy atom. The Bertz CT molecular complexity index is 946. The molecule has 1 atom stereocenters. The summed E-state index contributed by atoms with van der Waals surface area (Å²) in [7, 11) is 0. The molecule has 0 bridgehead atoms. The van der Waals surface area contributed by atoms with E-state index in [-0.39, 0.29) is 18.2 Å². The number of para-hydroxylation sites is 1. The summed E-state index contributed by atoms with van der Waals surface area (Å²) in [4.78, 5) is 29.1. The van der Waals surface area contributed by atoms with Crippen LogP contribution in [-0.2, 0) is 0 Å². The van der Waals surface area contributed by atoms with E-state index in [2.05, 4.69) is 4.98 Å². The first kappa shape index (κ1) is 15.4. The fourth-order valence-corrected chi connectivity index (χ4v) is 3.57. The maximum atomic E-state index is 13.2. The summed E-state index contributed by atoms with van der Waals surface area (Å²) in [5.41, 5.74) is 3.34. The highest BCUT2D eigenvalue weighted by molar-refractivity contribution is 6.14. The number of ketones is 1. The fraction of sp³-hybridized carbons (Fsp3) is 0.200. The molecule has 0 saturated carbocycles. The lowest BCUT2D eigenvalue weighted by atomic mass is 9.93. The normalized spacial score (nSPS) is 17.1. The first-order valence-electron chi connectivity index (χ1n) is 8.33. The van der Waals surface area contributed by atoms with Crippen molar-refractivity contribution < 1.29 is 14.7 Å². The Morgan fingerprint density at radius 1 is 1.04 bits per heavy atom. The van der Waals surface area contributed by atoms with Gasteiger partial charge in [0.25, 0.3) is 0 Å². The number of benzene rings is 2. The molecule has 0 radical (unpaired) electrons. The molecule has 1 amide bonds. The van der Waals surface area contributed by atoms with Crippen LogP contribution in [-0.4, -0.2) is 40.0 Å². The zero-order valence-corrected chi connectivity index (χ0v) is 13.6. The molecule has 1 aliphatic heterocycles. The number of amides is 1. The van der Waals surface area contributed by atoms with Crippen molar-refractivity contribution in [2.75, 3.05) is 13.1 Å². The van der Waals surface area contributed by atoms with Crippen LogP contribution in [0.5, 0.6) is 0 Å². The molecule has 2 N–H and O–H groups in total. The summed E-state index contributed by atoms with van der Waals surface area (Å²) in [6.45, 7) is 0.677. The van der Waals surface area contributed by atoms with Gasteiger partial charge < -0.3 is 15.0 Å². The average molecular weight is 334 g/mol. The second-order valence-corrected chi connectivity index (χ2v) is 6.37. The highest BCUT2D eigenvalue weighted by atomic mass is 16.4. The summed E-state index contributed by atoms with van der Waals surface area (Å²) in [5.74, 6) is -0.280. The van der Waals surface area contributed by atoms with Gasteiger partial charge in [-0.05, 0) is 18.1 Å². The van der Waals surface area contributed by atoms with Crippen molar-refractivity contribution in [1.29, 1.82) is 0 Å². The minimum atomic E-state index is -0.961. The lowest BCUT2D eigenvalue weighted by Crippen LogP contribution is -2.28. The van der Waals surface area contributed by atoms with Crippen LogP contribution in [0.2, 0.25) is 0 Å². The van der Waals surface area contributed by atoms with Gasteiger partial charge in [-0.25, -0.2) is 4.79 Å². The van der Waals surface area contributed by atoms with Gasteiger partial charge in [-0.15, -0.1) is 0 Å². The van der Waals surface area contributed by atoms with E-state index in [4.69, 9.17) is 5.11 Å². The van der Waals surface area contributed by atoms with Crippen LogP contribution in [0.15, 0.2) is 54.6 Å². The van der Waals surface area contributed by atoms with Crippen molar-refractivity contribution in [1.82, 2.24) is 9.88 Å². The van der Waals surface area contributed by atoms with Gasteiger partial charge in [0.1, 0.15) is 0 Å². The standard InChI is InChI=1S/C20H18N2O3/c23-19(14-10-11-22(12-14)20(24)25)17-15-8-4-5-9-16(15)21-18(17)13-6-2-1-3-7-13/h1-9,14,21H,10-12H2,(H,24,25). The molecule has 0 aliphatic carbocycles. The molecule has 4 rings (SSSR count). The third kappa shape index (κ3) is 2.67. The number of Topliss-reactive ketones (excluding diaryl/α,β-unsaturated/α-hetero) is 1. The first-order chi connectivity index (χ1) is 12.1. The lowest BCUT2D eigenvalue weighted by molar-refractivity contribution is 0.0924. The van der Waals surface area contributed by atoms with Crippen LogP contribution in [0.1, 0.15) is 16.8 Å². The summed E-state index contributed by atoms with van der Waals surface area (Å²) >= 11 is 0. The summed E-state index contributed by atoms with van der Waals surface area (Å²) in [6, 6.07) is 17.5. The SMILES string of the molecule is O=C(c1c(-c2ccccc2)[nH]c2ccccc12)C1CCN(C(=O)O)C1. The van der Waals surface area contributed by atoms with Crippen LogP contribution >= 0.6 is 0 Å². The van der Waals surface area contributed by atoms with E-state index in [9.17, 15) is 9.59 Å². The number of likely N-dealkylation sites (tertiary alicyclic amines) is 1. The second kappa shape index (κ2) is 6.09. The molecule has 1 fully saturated rings. The molecule has 1 unspecified atom stereocenters. The number of aromatic nitrogens is 1. The summed E-state index contributed by atoms with van der Waals surface area (Å²) in [5, 5.41) is 10.0. The van der Waals surface area contributed by atoms with Crippen molar-refractivity contribution in [3.63, 3.8) is 0 Å². The molecule has 2 heterocycles. The number of H-pyrrole nitrogens is 1. The number of nitrogens with one attached hydrogen (secondary N) is 1. The smallest absolute Gasteiger partial charge is 0.407 e. The van der Waals surface area contributed by atoms with E-state index < -0.39 is 6.09 Å². The molecule has 25 heavy (non-hydrogen) atoms. The van der Waals surface area contributed by atoms with Crippen LogP contribution in [0.25, 0.3) is 22.2 Å². The highest BCUT2D eigenvalue weighted by Crippen LogP contribution is 2.34. The molecule has 5 heteroatoms. The lowest BCUT2D eigenvalue weighted by Gasteiger charge is -2.12. The Kier molecular flexibility index (Phi) is 3.76. The summed E-state index contributed by atoms with van der Waals surface area (Å²) < 4.78 is 0. The van der Waals surface area contributed by atoms with Gasteiger partial charge in [0, 0.05) is 29.9 Å². The van der Waals surface area contributed by atoms with Crippen molar-refractivity contribution >= 4 is 22.8 Å². The van der Waals surface area contributed by atoms with Crippen LogP contribution in [0, 0.1) is 5.92 Å². The quantitative estimate of drug-likeness (QED) is 0.711. The van der Waals surface area contributed by atoms with E-state index in [1.165, 1.54) is 4.90 Å². The van der Waals surface area contributed by atoms with Gasteiger partial charge in [0.2, 0.25) is 0 Å². The molecule has 2 aromatic carbocycles. The van der Waals surface area contributed by atoms with Crippen molar-refractivity contribution in [2.24, 2.45) is 5.92 Å². The monoisotopic (exact) mass is 334 g/mol. The van der Waals surface area contributed by atoms with Gasteiger partial charge in [0.05, 0.1) is 11.3 Å². The number of fused-ring (bicyclic) bond motifs is 1. The summed E-state index contributed by atoms with van der Waals surface area (Å²) in [6.07, 6.45) is -0.392. The Balaban J connectivity index is 1.80. The molecule has 3 aromatic rings. The second-order valence-electron chi connectivity index (χ2n) is 6.37. The van der Waals surface area contributed by atoms with E-state index in [1.54, 1.807) is 0 Å². The average Bonchev–Trinajstić information content (AvgIpc) is 3.27. The van der Waals surface area contributed by atoms with Crippen LogP contribution < -0.4 is 0 Å². The number of hydrogen-bond acceptors (Lipinski definition) is 2. The van der Waals surface area contributed by atoms with E-state index in [0.29, 0.717) is 18.5 Å². The number of nitrogens with zero attached hydrogens (tertiary/aromatic N) is 1. The highest BCUT2D eigenvalue weighted by Gasteiger charge is 2.33. The van der Waals surface area contributed by atoms with Crippen molar-refractivity contribution in [3.05, 3.63) is 60.2 Å². The van der Waals surface area contributed by atoms with Gasteiger partial charge >= 0.3 is 6.09 Å². The number of carbonyl (C=O) groups is 2. The number of hydrogen-bond donors (Lipinski definition) is 2. The first-order valence-corrected chi connectivity index (χ1v) is 8.33. The molecular weight excluding hydrogens is 316 g/mol. The van der Waals surface area contributed by atoms with Crippen molar-refractivity contribution in [3.8, 4) is 11.3 Å². The number of rotatable bonds is 3. The maximum absolute atomic E-state index is 13.2. The fourth-order valence-electron chi connectivity index (χ4n) is 3.57. The third-order valence-corrected chi connectivity index (χ3v) is 4.84. The van der Waals surface area contributed by atoms with Gasteiger partial charge in [0.15, 0.2) is 5.78 Å². The number of carbonyl (C=O) groups excluding carboxylic acids is 1.